The molecular formula is C12H12IN3O. The van der Waals surface area contributed by atoms with Crippen molar-refractivity contribution in [2.45, 2.75) is 6.92 Å². The Kier molecular flexibility index (Phi) is 3.46. The molecule has 5 heteroatoms. The van der Waals surface area contributed by atoms with Crippen molar-refractivity contribution < 1.29 is 4.79 Å². The van der Waals surface area contributed by atoms with E-state index in [1.165, 1.54) is 0 Å². The Balaban J connectivity index is 2.17. The minimum atomic E-state index is -0.144. The van der Waals surface area contributed by atoms with Crippen LogP contribution in [0.5, 0.6) is 0 Å². The van der Waals surface area contributed by atoms with Crippen LogP contribution in [0.2, 0.25) is 0 Å². The summed E-state index contributed by atoms with van der Waals surface area (Å²) in [5.41, 5.74) is 1.67. The van der Waals surface area contributed by atoms with Gasteiger partial charge >= 0.3 is 0 Å². The quantitative estimate of drug-likeness (QED) is 0.854. The third-order valence-corrected chi connectivity index (χ3v) is 3.21. The summed E-state index contributed by atoms with van der Waals surface area (Å²) in [6, 6.07) is 7.41. The second-order valence-electron chi connectivity index (χ2n) is 3.73. The fraction of sp³-hybridized carbons (Fsp3) is 0.167. The number of aromatic nitrogens is 2. The van der Waals surface area contributed by atoms with Crippen molar-refractivity contribution in [2.24, 2.45) is 7.05 Å². The lowest BCUT2D eigenvalue weighted by atomic mass is 10.4. The van der Waals surface area contributed by atoms with E-state index in [4.69, 9.17) is 0 Å². The van der Waals surface area contributed by atoms with Gasteiger partial charge in [-0.05, 0) is 53.8 Å². The van der Waals surface area contributed by atoms with Gasteiger partial charge in [-0.15, -0.1) is 0 Å². The largest absolute Gasteiger partial charge is 0.344 e. The summed E-state index contributed by atoms with van der Waals surface area (Å²) >= 11 is 2.17. The average Bonchev–Trinajstić information content (AvgIpc) is 2.63. The standard InChI is InChI=1S/C12H12IN3O/c1-8-3-5-10(16(8)2)12(17)15-11-6-4-9(13)7-14-11/h3-7H,1-2H3,(H,14,15,17). The zero-order chi connectivity index (χ0) is 12.4. The van der Waals surface area contributed by atoms with E-state index in [2.05, 4.69) is 32.9 Å². The van der Waals surface area contributed by atoms with Crippen LogP contribution in [-0.4, -0.2) is 15.5 Å². The van der Waals surface area contributed by atoms with Gasteiger partial charge in [0.1, 0.15) is 11.5 Å². The van der Waals surface area contributed by atoms with Gasteiger partial charge in [0.15, 0.2) is 0 Å². The van der Waals surface area contributed by atoms with Gasteiger partial charge in [-0.2, -0.15) is 0 Å². The first kappa shape index (κ1) is 12.1. The summed E-state index contributed by atoms with van der Waals surface area (Å²) in [7, 11) is 1.87. The number of hydrogen-bond donors (Lipinski definition) is 1. The van der Waals surface area contributed by atoms with Crippen LogP contribution >= 0.6 is 22.6 Å². The van der Waals surface area contributed by atoms with Crippen molar-refractivity contribution in [3.05, 3.63) is 45.4 Å². The topological polar surface area (TPSA) is 46.9 Å². The molecule has 0 radical (unpaired) electrons. The van der Waals surface area contributed by atoms with Crippen LogP contribution in [0.3, 0.4) is 0 Å². The van der Waals surface area contributed by atoms with Crippen LogP contribution in [-0.2, 0) is 7.05 Å². The zero-order valence-electron chi connectivity index (χ0n) is 9.57. The first-order valence-electron chi connectivity index (χ1n) is 5.13. The molecule has 2 aromatic rings. The fourth-order valence-corrected chi connectivity index (χ4v) is 1.79. The molecule has 0 saturated heterocycles. The molecule has 88 valence electrons. The van der Waals surface area contributed by atoms with Gasteiger partial charge in [0.05, 0.1) is 0 Å². The number of rotatable bonds is 2. The number of carbonyl (C=O) groups is 1. The summed E-state index contributed by atoms with van der Waals surface area (Å²) < 4.78 is 2.89. The van der Waals surface area contributed by atoms with E-state index in [1.807, 2.05) is 30.7 Å². The molecule has 4 nitrogen and oxygen atoms in total. The molecule has 0 aliphatic heterocycles. The number of pyridine rings is 1. The van der Waals surface area contributed by atoms with Crippen LogP contribution in [0.4, 0.5) is 5.82 Å². The highest BCUT2D eigenvalue weighted by atomic mass is 127. The van der Waals surface area contributed by atoms with Gasteiger partial charge in [-0.25, -0.2) is 4.98 Å². The first-order chi connectivity index (χ1) is 8.08. The van der Waals surface area contributed by atoms with Crippen molar-refractivity contribution >= 4 is 34.3 Å². The van der Waals surface area contributed by atoms with Crippen molar-refractivity contribution in [1.29, 1.82) is 0 Å². The molecule has 0 aliphatic rings. The molecule has 0 atom stereocenters. The smallest absolute Gasteiger partial charge is 0.273 e. The molecule has 0 aliphatic carbocycles. The molecule has 0 aromatic carbocycles. The summed E-state index contributed by atoms with van der Waals surface area (Å²) in [5, 5.41) is 2.77. The minimum Gasteiger partial charge on any atom is -0.344 e. The predicted octanol–water partition coefficient (Wildman–Crippen LogP) is 2.59. The molecule has 0 fully saturated rings. The van der Waals surface area contributed by atoms with Gasteiger partial charge in [0.25, 0.3) is 5.91 Å². The number of carbonyl (C=O) groups excluding carboxylic acids is 1. The minimum absolute atomic E-state index is 0.144. The van der Waals surface area contributed by atoms with Crippen molar-refractivity contribution in [3.63, 3.8) is 0 Å². The number of anilines is 1. The van der Waals surface area contributed by atoms with E-state index in [-0.39, 0.29) is 5.91 Å². The lowest BCUT2D eigenvalue weighted by Gasteiger charge is -2.06. The molecule has 0 saturated carbocycles. The van der Waals surface area contributed by atoms with Crippen LogP contribution in [0.25, 0.3) is 0 Å². The number of halogens is 1. The highest BCUT2D eigenvalue weighted by Gasteiger charge is 2.11. The van der Waals surface area contributed by atoms with Crippen LogP contribution in [0, 0.1) is 10.5 Å². The molecule has 1 N–H and O–H groups in total. The van der Waals surface area contributed by atoms with Gasteiger partial charge < -0.3 is 9.88 Å². The SMILES string of the molecule is Cc1ccc(C(=O)Nc2ccc(I)cn2)n1C. The molecule has 17 heavy (non-hydrogen) atoms. The molecule has 1 amide bonds. The van der Waals surface area contributed by atoms with E-state index in [1.54, 1.807) is 18.3 Å². The molecule has 0 unspecified atom stereocenters. The number of aryl methyl sites for hydroxylation is 1. The second-order valence-corrected chi connectivity index (χ2v) is 4.98. The Bertz CT molecular complexity index is 545. The van der Waals surface area contributed by atoms with E-state index in [0.717, 1.165) is 9.26 Å². The molecule has 2 aromatic heterocycles. The molecule has 2 rings (SSSR count). The summed E-state index contributed by atoms with van der Waals surface area (Å²) in [4.78, 5) is 16.1. The summed E-state index contributed by atoms with van der Waals surface area (Å²) in [6.07, 6.45) is 1.71. The van der Waals surface area contributed by atoms with Gasteiger partial charge in [0.2, 0.25) is 0 Å². The van der Waals surface area contributed by atoms with E-state index in [0.29, 0.717) is 11.5 Å². The Morgan fingerprint density at radius 3 is 2.65 bits per heavy atom. The maximum atomic E-state index is 12.0. The number of hydrogen-bond acceptors (Lipinski definition) is 2. The Morgan fingerprint density at radius 2 is 2.12 bits per heavy atom. The molecule has 2 heterocycles. The molecule has 0 bridgehead atoms. The molecular weight excluding hydrogens is 329 g/mol. The van der Waals surface area contributed by atoms with Gasteiger partial charge in [0, 0.05) is 22.5 Å². The lowest BCUT2D eigenvalue weighted by molar-refractivity contribution is 0.101. The van der Waals surface area contributed by atoms with Crippen LogP contribution < -0.4 is 5.32 Å². The fourth-order valence-electron chi connectivity index (χ4n) is 1.47. The monoisotopic (exact) mass is 341 g/mol. The third kappa shape index (κ3) is 2.66. The summed E-state index contributed by atoms with van der Waals surface area (Å²) in [6.45, 7) is 1.96. The van der Waals surface area contributed by atoms with Crippen LogP contribution in [0.15, 0.2) is 30.5 Å². The maximum Gasteiger partial charge on any atom is 0.273 e. The Hall–Kier alpha value is -1.37. The number of amides is 1. The normalized spacial score (nSPS) is 10.3. The van der Waals surface area contributed by atoms with E-state index < -0.39 is 0 Å². The van der Waals surface area contributed by atoms with Crippen molar-refractivity contribution in [1.82, 2.24) is 9.55 Å². The number of nitrogens with zero attached hydrogens (tertiary/aromatic N) is 2. The first-order valence-corrected chi connectivity index (χ1v) is 6.21. The highest BCUT2D eigenvalue weighted by Crippen LogP contribution is 2.10. The van der Waals surface area contributed by atoms with E-state index in [9.17, 15) is 4.79 Å². The number of nitrogens with one attached hydrogen (secondary N) is 1. The lowest BCUT2D eigenvalue weighted by Crippen LogP contribution is -2.16. The van der Waals surface area contributed by atoms with Gasteiger partial charge in [-0.3, -0.25) is 4.79 Å². The third-order valence-electron chi connectivity index (χ3n) is 2.57. The van der Waals surface area contributed by atoms with Crippen molar-refractivity contribution in [3.8, 4) is 0 Å². The highest BCUT2D eigenvalue weighted by molar-refractivity contribution is 14.1. The van der Waals surface area contributed by atoms with Gasteiger partial charge in [-0.1, -0.05) is 0 Å². The predicted molar refractivity (Wildman–Crippen MR) is 75.1 cm³/mol. The Morgan fingerprint density at radius 1 is 1.35 bits per heavy atom. The second kappa shape index (κ2) is 4.87. The Labute approximate surface area is 113 Å². The zero-order valence-corrected chi connectivity index (χ0v) is 11.7. The average molecular weight is 341 g/mol. The van der Waals surface area contributed by atoms with E-state index >= 15 is 0 Å². The van der Waals surface area contributed by atoms with Crippen LogP contribution in [0.1, 0.15) is 16.2 Å². The molecule has 0 spiro atoms. The maximum absolute atomic E-state index is 12.0. The summed E-state index contributed by atoms with van der Waals surface area (Å²) in [5.74, 6) is 0.420. The van der Waals surface area contributed by atoms with Crippen molar-refractivity contribution in [2.75, 3.05) is 5.32 Å².